The standard InChI is InChI=1S/C19H26N4O3/c1-2-20-19(21-11-12-23-17(24)8-5-9-18(23)25)22-15-10-13-26-16-7-4-3-6-14(15)16/h3-4,6-7,15H,2,5,8-13H2,1H3,(H2,20,21,22). The lowest BCUT2D eigenvalue weighted by Crippen LogP contribution is -2.43. The van der Waals surface area contributed by atoms with Crippen LogP contribution in [-0.4, -0.2) is 48.9 Å². The van der Waals surface area contributed by atoms with Gasteiger partial charge in [-0.2, -0.15) is 0 Å². The minimum atomic E-state index is -0.0900. The number of guanidine groups is 1. The predicted octanol–water partition coefficient (Wildman–Crippen LogP) is 1.60. The van der Waals surface area contributed by atoms with Crippen LogP contribution in [0.5, 0.6) is 5.75 Å². The first kappa shape index (κ1) is 18.2. The van der Waals surface area contributed by atoms with Crippen molar-refractivity contribution in [3.8, 4) is 5.75 Å². The molecule has 1 unspecified atom stereocenters. The highest BCUT2D eigenvalue weighted by Gasteiger charge is 2.25. The summed E-state index contributed by atoms with van der Waals surface area (Å²) in [5, 5.41) is 6.67. The molecule has 2 heterocycles. The topological polar surface area (TPSA) is 83.0 Å². The molecule has 1 atom stereocenters. The first-order valence-electron chi connectivity index (χ1n) is 9.29. The highest BCUT2D eigenvalue weighted by atomic mass is 16.5. The van der Waals surface area contributed by atoms with Gasteiger partial charge in [-0.25, -0.2) is 0 Å². The molecule has 2 aliphatic heterocycles. The Morgan fingerprint density at radius 3 is 2.81 bits per heavy atom. The maximum absolute atomic E-state index is 11.9. The zero-order valence-corrected chi connectivity index (χ0v) is 15.2. The maximum atomic E-state index is 11.9. The minimum Gasteiger partial charge on any atom is -0.493 e. The Morgan fingerprint density at radius 1 is 1.27 bits per heavy atom. The van der Waals surface area contributed by atoms with E-state index in [1.807, 2.05) is 25.1 Å². The zero-order chi connectivity index (χ0) is 18.4. The molecule has 7 heteroatoms. The summed E-state index contributed by atoms with van der Waals surface area (Å²) in [4.78, 5) is 29.6. The van der Waals surface area contributed by atoms with Crippen LogP contribution in [0.25, 0.3) is 0 Å². The van der Waals surface area contributed by atoms with Crippen LogP contribution in [0.3, 0.4) is 0 Å². The van der Waals surface area contributed by atoms with Gasteiger partial charge in [0.25, 0.3) is 0 Å². The number of nitrogens with one attached hydrogen (secondary N) is 2. The van der Waals surface area contributed by atoms with Gasteiger partial charge in [0.15, 0.2) is 5.96 Å². The van der Waals surface area contributed by atoms with Crippen LogP contribution in [0, 0.1) is 0 Å². The number of carbonyl (C=O) groups excluding carboxylic acids is 2. The molecule has 0 aliphatic carbocycles. The van der Waals surface area contributed by atoms with Crippen molar-refractivity contribution in [1.29, 1.82) is 0 Å². The number of piperidine rings is 1. The van der Waals surface area contributed by atoms with Crippen LogP contribution < -0.4 is 15.4 Å². The summed E-state index contributed by atoms with van der Waals surface area (Å²) in [5.74, 6) is 1.41. The molecule has 1 aromatic rings. The lowest BCUT2D eigenvalue weighted by atomic mass is 10.0. The number of likely N-dealkylation sites (tertiary alicyclic amines) is 1. The molecule has 0 bridgehead atoms. The van der Waals surface area contributed by atoms with Gasteiger partial charge in [-0.1, -0.05) is 18.2 Å². The smallest absolute Gasteiger partial charge is 0.229 e. The molecule has 7 nitrogen and oxygen atoms in total. The number of rotatable bonds is 5. The van der Waals surface area contributed by atoms with E-state index in [4.69, 9.17) is 4.74 Å². The Hall–Kier alpha value is -2.57. The highest BCUT2D eigenvalue weighted by molar-refractivity contribution is 5.97. The molecule has 26 heavy (non-hydrogen) atoms. The van der Waals surface area contributed by atoms with Crippen molar-refractivity contribution in [2.45, 2.75) is 38.6 Å². The molecule has 3 rings (SSSR count). The van der Waals surface area contributed by atoms with E-state index in [1.54, 1.807) is 0 Å². The Morgan fingerprint density at radius 2 is 2.04 bits per heavy atom. The predicted molar refractivity (Wildman–Crippen MR) is 99.0 cm³/mol. The molecule has 1 fully saturated rings. The zero-order valence-electron chi connectivity index (χ0n) is 15.2. The van der Waals surface area contributed by atoms with E-state index >= 15 is 0 Å². The van der Waals surface area contributed by atoms with Crippen LogP contribution in [0.15, 0.2) is 29.3 Å². The number of hydrogen-bond acceptors (Lipinski definition) is 4. The highest BCUT2D eigenvalue weighted by Crippen LogP contribution is 2.31. The molecular formula is C19H26N4O3. The Kier molecular flexibility index (Phi) is 6.09. The van der Waals surface area contributed by atoms with Gasteiger partial charge in [-0.05, 0) is 19.4 Å². The average Bonchev–Trinajstić information content (AvgIpc) is 2.64. The van der Waals surface area contributed by atoms with Gasteiger partial charge in [-0.15, -0.1) is 0 Å². The van der Waals surface area contributed by atoms with Crippen molar-refractivity contribution in [2.75, 3.05) is 26.2 Å². The molecule has 140 valence electrons. The van der Waals surface area contributed by atoms with E-state index in [0.29, 0.717) is 44.9 Å². The molecule has 2 amide bonds. The van der Waals surface area contributed by atoms with Crippen molar-refractivity contribution in [3.63, 3.8) is 0 Å². The normalized spacial score (nSPS) is 20.4. The van der Waals surface area contributed by atoms with Crippen molar-refractivity contribution in [3.05, 3.63) is 29.8 Å². The van der Waals surface area contributed by atoms with Crippen molar-refractivity contribution in [1.82, 2.24) is 15.5 Å². The average molecular weight is 358 g/mol. The summed E-state index contributed by atoms with van der Waals surface area (Å²) in [6, 6.07) is 8.12. The minimum absolute atomic E-state index is 0.0900. The van der Waals surface area contributed by atoms with E-state index in [9.17, 15) is 9.59 Å². The van der Waals surface area contributed by atoms with Crippen LogP contribution in [0.2, 0.25) is 0 Å². The van der Waals surface area contributed by atoms with Crippen LogP contribution in [-0.2, 0) is 9.59 Å². The second kappa shape index (κ2) is 8.69. The molecule has 2 N–H and O–H groups in total. The summed E-state index contributed by atoms with van der Waals surface area (Å²) in [5.41, 5.74) is 1.12. The SMILES string of the molecule is CCNC(=NCCN1C(=O)CCCC1=O)NC1CCOc2ccccc21. The second-order valence-corrected chi connectivity index (χ2v) is 6.43. The maximum Gasteiger partial charge on any atom is 0.229 e. The summed E-state index contributed by atoms with van der Waals surface area (Å²) in [6.07, 6.45) is 2.41. The monoisotopic (exact) mass is 358 g/mol. The molecule has 0 aromatic heterocycles. The summed E-state index contributed by atoms with van der Waals surface area (Å²) >= 11 is 0. The van der Waals surface area contributed by atoms with Crippen molar-refractivity contribution < 1.29 is 14.3 Å². The molecule has 1 saturated heterocycles. The fourth-order valence-electron chi connectivity index (χ4n) is 3.29. The Bertz CT molecular complexity index is 673. The number of fused-ring (bicyclic) bond motifs is 1. The van der Waals surface area contributed by atoms with E-state index in [2.05, 4.69) is 21.7 Å². The molecule has 0 radical (unpaired) electrons. The van der Waals surface area contributed by atoms with Gasteiger partial charge in [-0.3, -0.25) is 19.5 Å². The number of aliphatic imine (C=N–C) groups is 1. The van der Waals surface area contributed by atoms with E-state index < -0.39 is 0 Å². The number of hydrogen-bond donors (Lipinski definition) is 2. The lowest BCUT2D eigenvalue weighted by Gasteiger charge is -2.28. The number of imide groups is 1. The molecule has 1 aromatic carbocycles. The third-order valence-corrected chi connectivity index (χ3v) is 4.59. The fourth-order valence-corrected chi connectivity index (χ4v) is 3.29. The first-order chi connectivity index (χ1) is 12.7. The van der Waals surface area contributed by atoms with Crippen LogP contribution in [0.4, 0.5) is 0 Å². The van der Waals surface area contributed by atoms with Crippen molar-refractivity contribution >= 4 is 17.8 Å². The quantitative estimate of drug-likeness (QED) is 0.475. The first-order valence-corrected chi connectivity index (χ1v) is 9.29. The lowest BCUT2D eigenvalue weighted by molar-refractivity contribution is -0.147. The Labute approximate surface area is 153 Å². The number of nitrogens with zero attached hydrogens (tertiary/aromatic N) is 2. The van der Waals surface area contributed by atoms with E-state index in [-0.39, 0.29) is 17.9 Å². The van der Waals surface area contributed by atoms with Gasteiger partial charge in [0, 0.05) is 37.9 Å². The molecular weight excluding hydrogens is 332 g/mol. The third-order valence-electron chi connectivity index (χ3n) is 4.59. The summed E-state index contributed by atoms with van der Waals surface area (Å²) < 4.78 is 5.70. The largest absolute Gasteiger partial charge is 0.493 e. The molecule has 0 spiro atoms. The van der Waals surface area contributed by atoms with E-state index in [1.165, 1.54) is 4.90 Å². The third kappa shape index (κ3) is 4.33. The number of benzene rings is 1. The fraction of sp³-hybridized carbons (Fsp3) is 0.526. The summed E-state index contributed by atoms with van der Waals surface area (Å²) in [7, 11) is 0. The van der Waals surface area contributed by atoms with E-state index in [0.717, 1.165) is 24.3 Å². The number of amides is 2. The van der Waals surface area contributed by atoms with Gasteiger partial charge >= 0.3 is 0 Å². The number of ether oxygens (including phenoxy) is 1. The summed E-state index contributed by atoms with van der Waals surface area (Å²) in [6.45, 7) is 4.12. The van der Waals surface area contributed by atoms with Crippen LogP contribution in [0.1, 0.15) is 44.2 Å². The van der Waals surface area contributed by atoms with Gasteiger partial charge in [0.2, 0.25) is 11.8 Å². The van der Waals surface area contributed by atoms with Crippen LogP contribution >= 0.6 is 0 Å². The number of carbonyl (C=O) groups is 2. The molecule has 0 saturated carbocycles. The van der Waals surface area contributed by atoms with Gasteiger partial charge < -0.3 is 15.4 Å². The van der Waals surface area contributed by atoms with Gasteiger partial charge in [0.1, 0.15) is 5.75 Å². The van der Waals surface area contributed by atoms with Gasteiger partial charge in [0.05, 0.1) is 19.2 Å². The molecule has 2 aliphatic rings. The Balaban J connectivity index is 1.63. The second-order valence-electron chi connectivity index (χ2n) is 6.43. The number of para-hydroxylation sites is 1. The van der Waals surface area contributed by atoms with Crippen molar-refractivity contribution in [2.24, 2.45) is 4.99 Å².